The maximum absolute atomic E-state index is 5.52. The van der Waals surface area contributed by atoms with Crippen LogP contribution in [0.2, 0.25) is 0 Å². The van der Waals surface area contributed by atoms with Gasteiger partial charge in [-0.2, -0.15) is 14.3 Å². The minimum atomic E-state index is 0.142. The number of rotatable bonds is 3. The van der Waals surface area contributed by atoms with Gasteiger partial charge < -0.3 is 15.8 Å². The minimum absolute atomic E-state index is 0.142. The fourth-order valence-corrected chi connectivity index (χ4v) is 1.65. The molecule has 0 aliphatic rings. The van der Waals surface area contributed by atoms with Crippen LogP contribution in [-0.4, -0.2) is 26.4 Å². The van der Waals surface area contributed by atoms with E-state index in [-0.39, 0.29) is 5.95 Å². The van der Waals surface area contributed by atoms with Gasteiger partial charge in [-0.15, -0.1) is 0 Å². The third-order valence-electron chi connectivity index (χ3n) is 1.69. The second kappa shape index (κ2) is 4.27. The number of nitrogens with two attached hydrogens (primary N) is 1. The van der Waals surface area contributed by atoms with Crippen molar-refractivity contribution in [3.63, 3.8) is 0 Å². The van der Waals surface area contributed by atoms with Crippen molar-refractivity contribution in [1.29, 1.82) is 0 Å². The highest BCUT2D eigenvalue weighted by Gasteiger charge is 2.05. The second-order valence-corrected chi connectivity index (χ2v) is 3.68. The van der Waals surface area contributed by atoms with Crippen LogP contribution in [0.4, 0.5) is 16.9 Å². The van der Waals surface area contributed by atoms with E-state index in [0.29, 0.717) is 22.7 Å². The SMILES string of the molecule is COc1cc(Nc2nc(C)ns2)nc(N)n1. The average molecular weight is 238 g/mol. The van der Waals surface area contributed by atoms with E-state index in [4.69, 9.17) is 10.5 Å². The van der Waals surface area contributed by atoms with Gasteiger partial charge in [-0.25, -0.2) is 4.98 Å². The minimum Gasteiger partial charge on any atom is -0.481 e. The summed E-state index contributed by atoms with van der Waals surface area (Å²) in [7, 11) is 1.51. The molecule has 3 N–H and O–H groups in total. The molecular weight excluding hydrogens is 228 g/mol. The summed E-state index contributed by atoms with van der Waals surface area (Å²) in [5.41, 5.74) is 5.52. The third kappa shape index (κ3) is 2.34. The molecule has 2 aromatic heterocycles. The zero-order valence-corrected chi connectivity index (χ0v) is 9.58. The van der Waals surface area contributed by atoms with E-state index in [1.165, 1.54) is 18.6 Å². The van der Waals surface area contributed by atoms with Gasteiger partial charge in [0, 0.05) is 17.6 Å². The third-order valence-corrected chi connectivity index (χ3v) is 2.41. The molecule has 0 radical (unpaired) electrons. The molecule has 0 fully saturated rings. The molecule has 0 aromatic carbocycles. The Kier molecular flexibility index (Phi) is 2.82. The zero-order chi connectivity index (χ0) is 11.5. The average Bonchev–Trinajstić information content (AvgIpc) is 2.63. The molecule has 0 spiro atoms. The topological polar surface area (TPSA) is 98.8 Å². The standard InChI is InChI=1S/C8H10N6OS/c1-4-10-8(16-14-4)12-5-3-6(15-2)13-7(9)11-5/h3H,1-2H3,(H3,9,10,11,12,13,14). The van der Waals surface area contributed by atoms with E-state index in [0.717, 1.165) is 0 Å². The van der Waals surface area contributed by atoms with Crippen LogP contribution in [-0.2, 0) is 0 Å². The van der Waals surface area contributed by atoms with Gasteiger partial charge in [0.2, 0.25) is 17.0 Å². The van der Waals surface area contributed by atoms with Crippen molar-refractivity contribution in [2.24, 2.45) is 0 Å². The Bertz CT molecular complexity index is 499. The predicted octanol–water partition coefficient (Wildman–Crippen LogP) is 0.971. The van der Waals surface area contributed by atoms with E-state index >= 15 is 0 Å². The molecule has 2 heterocycles. The van der Waals surface area contributed by atoms with Crippen molar-refractivity contribution < 1.29 is 4.74 Å². The molecule has 8 heteroatoms. The van der Waals surface area contributed by atoms with Crippen LogP contribution >= 0.6 is 11.5 Å². The summed E-state index contributed by atoms with van der Waals surface area (Å²) < 4.78 is 9.01. The molecule has 0 aliphatic carbocycles. The summed E-state index contributed by atoms with van der Waals surface area (Å²) in [6, 6.07) is 1.63. The number of nitrogens with one attached hydrogen (secondary N) is 1. The van der Waals surface area contributed by atoms with Gasteiger partial charge in [0.15, 0.2) is 0 Å². The summed E-state index contributed by atoms with van der Waals surface area (Å²) in [6.07, 6.45) is 0. The fraction of sp³-hybridized carbons (Fsp3) is 0.250. The van der Waals surface area contributed by atoms with E-state index in [9.17, 15) is 0 Å². The van der Waals surface area contributed by atoms with Crippen molar-refractivity contribution in [2.45, 2.75) is 6.92 Å². The van der Waals surface area contributed by atoms with Gasteiger partial charge in [-0.3, -0.25) is 0 Å². The number of anilines is 3. The Morgan fingerprint density at radius 3 is 2.81 bits per heavy atom. The lowest BCUT2D eigenvalue weighted by atomic mass is 10.5. The first-order chi connectivity index (χ1) is 7.67. The molecular formula is C8H10N6OS. The molecule has 0 saturated heterocycles. The van der Waals surface area contributed by atoms with Gasteiger partial charge in [0.25, 0.3) is 0 Å². The Morgan fingerprint density at radius 1 is 1.38 bits per heavy atom. The number of ether oxygens (including phenoxy) is 1. The lowest BCUT2D eigenvalue weighted by Crippen LogP contribution is -2.01. The lowest BCUT2D eigenvalue weighted by molar-refractivity contribution is 0.398. The number of aryl methyl sites for hydroxylation is 1. The van der Waals surface area contributed by atoms with Crippen LogP contribution in [0.25, 0.3) is 0 Å². The summed E-state index contributed by atoms with van der Waals surface area (Å²) in [4.78, 5) is 12.0. The Balaban J connectivity index is 2.24. The van der Waals surface area contributed by atoms with Crippen molar-refractivity contribution >= 4 is 28.4 Å². The van der Waals surface area contributed by atoms with E-state index in [1.54, 1.807) is 6.07 Å². The number of aromatic nitrogens is 4. The number of hydrogen-bond donors (Lipinski definition) is 2. The summed E-state index contributed by atoms with van der Waals surface area (Å²) in [5.74, 6) is 1.78. The van der Waals surface area contributed by atoms with Gasteiger partial charge in [0.1, 0.15) is 11.6 Å². The molecule has 16 heavy (non-hydrogen) atoms. The summed E-state index contributed by atoms with van der Waals surface area (Å²) in [6.45, 7) is 1.82. The smallest absolute Gasteiger partial charge is 0.225 e. The summed E-state index contributed by atoms with van der Waals surface area (Å²) >= 11 is 1.25. The Labute approximate surface area is 95.9 Å². The largest absolute Gasteiger partial charge is 0.481 e. The molecule has 0 saturated carbocycles. The van der Waals surface area contributed by atoms with Crippen molar-refractivity contribution in [2.75, 3.05) is 18.2 Å². The molecule has 2 aromatic rings. The molecule has 0 atom stereocenters. The summed E-state index contributed by atoms with van der Waals surface area (Å²) in [5, 5.41) is 3.62. The van der Waals surface area contributed by atoms with Crippen molar-refractivity contribution in [3.05, 3.63) is 11.9 Å². The molecule has 7 nitrogen and oxygen atoms in total. The van der Waals surface area contributed by atoms with Crippen molar-refractivity contribution in [1.82, 2.24) is 19.3 Å². The normalized spacial score (nSPS) is 10.1. The number of nitrogen functional groups attached to an aromatic ring is 1. The van der Waals surface area contributed by atoms with Gasteiger partial charge in [-0.05, 0) is 6.92 Å². The highest BCUT2D eigenvalue weighted by molar-refractivity contribution is 7.09. The number of methoxy groups -OCH3 is 1. The monoisotopic (exact) mass is 238 g/mol. The maximum Gasteiger partial charge on any atom is 0.225 e. The molecule has 84 valence electrons. The van der Waals surface area contributed by atoms with E-state index in [1.807, 2.05) is 6.92 Å². The van der Waals surface area contributed by atoms with E-state index < -0.39 is 0 Å². The molecule has 0 amide bonds. The highest BCUT2D eigenvalue weighted by Crippen LogP contribution is 2.20. The number of nitrogens with zero attached hydrogens (tertiary/aromatic N) is 4. The van der Waals surface area contributed by atoms with E-state index in [2.05, 4.69) is 24.6 Å². The van der Waals surface area contributed by atoms with Crippen LogP contribution in [0, 0.1) is 6.92 Å². The number of hydrogen-bond acceptors (Lipinski definition) is 8. The van der Waals surface area contributed by atoms with Gasteiger partial charge in [-0.1, -0.05) is 0 Å². The first kappa shape index (κ1) is 10.6. The first-order valence-electron chi connectivity index (χ1n) is 4.43. The van der Waals surface area contributed by atoms with Crippen molar-refractivity contribution in [3.8, 4) is 5.88 Å². The molecule has 0 bridgehead atoms. The molecule has 0 aliphatic heterocycles. The predicted molar refractivity (Wildman–Crippen MR) is 60.9 cm³/mol. The zero-order valence-electron chi connectivity index (χ0n) is 8.76. The van der Waals surface area contributed by atoms with Crippen LogP contribution in [0.5, 0.6) is 5.88 Å². The molecule has 0 unspecified atom stereocenters. The fourth-order valence-electron chi connectivity index (χ4n) is 1.07. The first-order valence-corrected chi connectivity index (χ1v) is 5.20. The van der Waals surface area contributed by atoms with Crippen LogP contribution in [0.15, 0.2) is 6.07 Å². The van der Waals surface area contributed by atoms with Gasteiger partial charge in [0.05, 0.1) is 7.11 Å². The Hall–Kier alpha value is -1.96. The maximum atomic E-state index is 5.52. The lowest BCUT2D eigenvalue weighted by Gasteiger charge is -2.04. The Morgan fingerprint density at radius 2 is 2.19 bits per heavy atom. The van der Waals surface area contributed by atoms with Crippen LogP contribution < -0.4 is 15.8 Å². The quantitative estimate of drug-likeness (QED) is 0.821. The second-order valence-electron chi connectivity index (χ2n) is 2.93. The van der Waals surface area contributed by atoms with Crippen LogP contribution in [0.3, 0.4) is 0 Å². The highest BCUT2D eigenvalue weighted by atomic mass is 32.1. The van der Waals surface area contributed by atoms with Gasteiger partial charge >= 0.3 is 0 Å². The molecule has 2 rings (SSSR count). The van der Waals surface area contributed by atoms with Crippen LogP contribution in [0.1, 0.15) is 5.82 Å².